The van der Waals surface area contributed by atoms with E-state index < -0.39 is 0 Å². The van der Waals surface area contributed by atoms with Gasteiger partial charge in [0.1, 0.15) is 22.3 Å². The van der Waals surface area contributed by atoms with Crippen LogP contribution in [-0.2, 0) is 10.8 Å². The minimum absolute atomic E-state index is 0.240. The Morgan fingerprint density at radius 1 is 0.175 bits per heavy atom. The summed E-state index contributed by atoms with van der Waals surface area (Å²) in [5.41, 5.74) is 39.4. The molecular weight excluding hydrogens is 1530 g/mol. The van der Waals surface area contributed by atoms with E-state index in [2.05, 4.69) is 474 Å². The van der Waals surface area contributed by atoms with Gasteiger partial charge in [0, 0.05) is 77.3 Å². The van der Waals surface area contributed by atoms with Crippen LogP contribution in [0.25, 0.3) is 177 Å². The van der Waals surface area contributed by atoms with Gasteiger partial charge >= 0.3 is 0 Å². The van der Waals surface area contributed by atoms with Crippen LogP contribution in [0.1, 0.15) is 49.9 Å². The molecule has 0 bridgehead atoms. The van der Waals surface area contributed by atoms with Gasteiger partial charge in [-0.05, 0) is 236 Å². The Hall–Kier alpha value is -15.9. The third kappa shape index (κ3) is 13.0. The molecule has 20 aromatic carbocycles. The molecule has 24 rings (SSSR count). The molecular formula is C122H86N2O2. The molecule has 0 amide bonds. The highest BCUT2D eigenvalue weighted by Crippen LogP contribution is 2.56. The van der Waals surface area contributed by atoms with Crippen LogP contribution >= 0.6 is 0 Å². The highest BCUT2D eigenvalue weighted by Gasteiger charge is 2.39. The molecule has 0 N–H and O–H groups in total. The van der Waals surface area contributed by atoms with Crippen LogP contribution in [0.15, 0.2) is 458 Å². The SMILES string of the molecule is CC1(C)c2cc(-c3cccc4c3oc3ccccc34)ccc2-c2ccc(N(c3ccc(-c4ccc(-c5ccccc5)cc4)cc3)c3ccc(-c4ccccc4)c4ccccc34)cc21.CC1(C)c2cc(-c3cccc4c3oc3ccccc34)ccc2-c2ccc(N(c3ccc(-c4cccc(-c5ccccc5)c4)cc3)c3ccc(-c4cccc5ccccc45)cc3)cc21. The Kier molecular flexibility index (Phi) is 18.3. The average Bonchev–Trinajstić information content (AvgIpc) is 1.56. The number of para-hydroxylation sites is 4. The maximum atomic E-state index is 6.51. The summed E-state index contributed by atoms with van der Waals surface area (Å²) in [7, 11) is 0. The molecule has 0 aliphatic heterocycles. The number of hydrogen-bond donors (Lipinski definition) is 0. The van der Waals surface area contributed by atoms with Crippen LogP contribution in [0.3, 0.4) is 0 Å². The van der Waals surface area contributed by atoms with E-state index in [1.807, 2.05) is 12.1 Å². The van der Waals surface area contributed by atoms with Gasteiger partial charge in [0.25, 0.3) is 0 Å². The zero-order valence-corrected chi connectivity index (χ0v) is 70.4. The molecule has 4 heteroatoms. The first-order valence-corrected chi connectivity index (χ1v) is 43.7. The van der Waals surface area contributed by atoms with E-state index in [9.17, 15) is 0 Å². The number of rotatable bonds is 14. The van der Waals surface area contributed by atoms with Gasteiger partial charge in [-0.2, -0.15) is 0 Å². The molecule has 22 aromatic rings. The van der Waals surface area contributed by atoms with Gasteiger partial charge in [0.15, 0.2) is 0 Å². The highest BCUT2D eigenvalue weighted by atomic mass is 16.3. The van der Waals surface area contributed by atoms with E-state index in [0.717, 1.165) is 89.1 Å². The standard InChI is InChI=1S/2C61H43NO/c1-61(2)56-38-45(49-21-13-22-55-54-20-11-12-23-59(54)63-60(49)55)30-34-51(56)52-35-33-47(39-57(52)61)62(58-37-36-48(44-16-7-4-8-17-44)50-18-9-10-19-53(50)58)46-31-28-43(29-32-46)42-26-24-41(25-27-42)40-14-5-3-6-15-40;1-61(2)57-38-46(52-22-12-23-56-55-20-8-9-24-59(55)63-60(52)56)29-35-53(57)54-36-34-49(39-58(54)61)62(48-32-27-43(28-33-48)51-21-11-16-42-15-6-7-19-50(42)51)47-30-25-41(26-31-47)45-18-10-17-44(37-45)40-13-4-3-5-14-40/h2*3-39H,1-2H3. The minimum atomic E-state index is -0.251. The summed E-state index contributed by atoms with van der Waals surface area (Å²) in [6.45, 7) is 9.49. The minimum Gasteiger partial charge on any atom is -0.455 e. The predicted octanol–water partition coefficient (Wildman–Crippen LogP) is 34.4. The van der Waals surface area contributed by atoms with Gasteiger partial charge in [-0.25, -0.2) is 0 Å². The van der Waals surface area contributed by atoms with Gasteiger partial charge in [0.05, 0.1) is 5.69 Å². The van der Waals surface area contributed by atoms with Crippen LogP contribution in [0.2, 0.25) is 0 Å². The molecule has 2 heterocycles. The van der Waals surface area contributed by atoms with Crippen molar-refractivity contribution in [2.75, 3.05) is 9.80 Å². The van der Waals surface area contributed by atoms with E-state index in [1.165, 1.54) is 144 Å². The number of fused-ring (bicyclic) bond motifs is 14. The van der Waals surface area contributed by atoms with Gasteiger partial charge in [-0.3, -0.25) is 0 Å². The van der Waals surface area contributed by atoms with Crippen LogP contribution < -0.4 is 9.80 Å². The van der Waals surface area contributed by atoms with Crippen molar-refractivity contribution in [1.29, 1.82) is 0 Å². The lowest BCUT2D eigenvalue weighted by molar-refractivity contribution is 0.660. The zero-order chi connectivity index (χ0) is 84.1. The van der Waals surface area contributed by atoms with E-state index in [1.54, 1.807) is 0 Å². The zero-order valence-electron chi connectivity index (χ0n) is 70.4. The summed E-state index contributed by atoms with van der Waals surface area (Å²) in [6, 6.07) is 163. The monoisotopic (exact) mass is 1610 g/mol. The van der Waals surface area contributed by atoms with E-state index >= 15 is 0 Å². The first kappa shape index (κ1) is 75.1. The van der Waals surface area contributed by atoms with E-state index in [-0.39, 0.29) is 10.8 Å². The fourth-order valence-corrected chi connectivity index (χ4v) is 20.1. The summed E-state index contributed by atoms with van der Waals surface area (Å²) in [5.74, 6) is 0. The molecule has 0 atom stereocenters. The largest absolute Gasteiger partial charge is 0.455 e. The molecule has 126 heavy (non-hydrogen) atoms. The van der Waals surface area contributed by atoms with Crippen molar-refractivity contribution in [3.63, 3.8) is 0 Å². The van der Waals surface area contributed by atoms with Crippen molar-refractivity contribution in [2.45, 2.75) is 38.5 Å². The second kappa shape index (κ2) is 30.6. The smallest absolute Gasteiger partial charge is 0.143 e. The molecule has 0 unspecified atom stereocenters. The summed E-state index contributed by atoms with van der Waals surface area (Å²) in [5, 5.41) is 9.52. The normalized spacial score (nSPS) is 12.7. The molecule has 0 spiro atoms. The molecule has 2 aromatic heterocycles. The third-order valence-corrected chi connectivity index (χ3v) is 26.6. The molecule has 0 radical (unpaired) electrons. The van der Waals surface area contributed by atoms with E-state index in [0.29, 0.717) is 0 Å². The first-order chi connectivity index (χ1) is 62.0. The second-order valence-corrected chi connectivity index (χ2v) is 34.6. The Morgan fingerprint density at radius 3 is 0.992 bits per heavy atom. The molecule has 0 saturated heterocycles. The van der Waals surface area contributed by atoms with Crippen molar-refractivity contribution in [1.82, 2.24) is 0 Å². The van der Waals surface area contributed by atoms with Gasteiger partial charge in [0.2, 0.25) is 0 Å². The van der Waals surface area contributed by atoms with Crippen LogP contribution in [0, 0.1) is 0 Å². The van der Waals surface area contributed by atoms with Crippen molar-refractivity contribution in [2.24, 2.45) is 0 Å². The first-order valence-electron chi connectivity index (χ1n) is 43.7. The lowest BCUT2D eigenvalue weighted by atomic mass is 9.81. The fourth-order valence-electron chi connectivity index (χ4n) is 20.1. The summed E-state index contributed by atoms with van der Waals surface area (Å²) in [6.07, 6.45) is 0. The third-order valence-electron chi connectivity index (χ3n) is 26.6. The Morgan fingerprint density at radius 2 is 0.476 bits per heavy atom. The van der Waals surface area contributed by atoms with Crippen LogP contribution in [-0.4, -0.2) is 0 Å². The number of hydrogen-bond acceptors (Lipinski definition) is 4. The molecule has 0 fully saturated rings. The van der Waals surface area contributed by atoms with Crippen molar-refractivity contribution in [3.05, 3.63) is 471 Å². The van der Waals surface area contributed by atoms with Crippen molar-refractivity contribution < 1.29 is 8.83 Å². The molecule has 4 nitrogen and oxygen atoms in total. The lowest BCUT2D eigenvalue weighted by Gasteiger charge is -2.29. The molecule has 2 aliphatic carbocycles. The Balaban J connectivity index is 0.000000145. The Bertz CT molecular complexity index is 7970. The van der Waals surface area contributed by atoms with E-state index in [4.69, 9.17) is 8.83 Å². The van der Waals surface area contributed by atoms with Gasteiger partial charge < -0.3 is 18.6 Å². The molecule has 2 aliphatic rings. The summed E-state index contributed by atoms with van der Waals surface area (Å²) >= 11 is 0. The van der Waals surface area contributed by atoms with Gasteiger partial charge in [-0.15, -0.1) is 0 Å². The number of nitrogens with zero attached hydrogens (tertiary/aromatic N) is 2. The van der Waals surface area contributed by atoms with Gasteiger partial charge in [-0.1, -0.05) is 380 Å². The number of benzene rings is 20. The second-order valence-electron chi connectivity index (χ2n) is 34.6. The Labute approximate surface area is 734 Å². The quantitative estimate of drug-likeness (QED) is 0.109. The number of furan rings is 2. The van der Waals surface area contributed by atoms with Crippen LogP contribution in [0.4, 0.5) is 34.1 Å². The topological polar surface area (TPSA) is 32.8 Å². The number of anilines is 6. The van der Waals surface area contributed by atoms with Crippen molar-refractivity contribution >= 4 is 99.5 Å². The lowest BCUT2D eigenvalue weighted by Crippen LogP contribution is -2.17. The summed E-state index contributed by atoms with van der Waals surface area (Å²) < 4.78 is 13.0. The molecule has 0 saturated carbocycles. The maximum Gasteiger partial charge on any atom is 0.143 e. The molecule has 596 valence electrons. The summed E-state index contributed by atoms with van der Waals surface area (Å²) in [4.78, 5) is 4.86. The van der Waals surface area contributed by atoms with Crippen LogP contribution in [0.5, 0.6) is 0 Å². The average molecular weight is 1610 g/mol. The fraction of sp³-hybridized carbons (Fsp3) is 0.0492. The highest BCUT2D eigenvalue weighted by molar-refractivity contribution is 6.12. The van der Waals surface area contributed by atoms with Crippen molar-refractivity contribution in [3.8, 4) is 111 Å². The predicted molar refractivity (Wildman–Crippen MR) is 530 cm³/mol. The maximum absolute atomic E-state index is 6.51.